The Hall–Kier alpha value is -2.75. The van der Waals surface area contributed by atoms with Gasteiger partial charge >= 0.3 is 18.1 Å². The third kappa shape index (κ3) is 5.53. The molecule has 0 saturated carbocycles. The maximum Gasteiger partial charge on any atom is 0.419 e. The molecule has 1 aliphatic rings. The summed E-state index contributed by atoms with van der Waals surface area (Å²) in [5.41, 5.74) is -1.90. The summed E-state index contributed by atoms with van der Waals surface area (Å²) >= 11 is 0. The summed E-state index contributed by atoms with van der Waals surface area (Å²) in [5, 5.41) is 0. The van der Waals surface area contributed by atoms with E-state index in [1.165, 1.54) is 21.0 Å². The molecule has 1 aromatic carbocycles. The van der Waals surface area contributed by atoms with Crippen molar-refractivity contribution in [2.24, 2.45) is 10.9 Å². The molecule has 1 heterocycles. The number of hydrogen-bond acceptors (Lipinski definition) is 6. The van der Waals surface area contributed by atoms with Gasteiger partial charge in [0.1, 0.15) is 18.3 Å². The van der Waals surface area contributed by atoms with Crippen LogP contribution in [0.15, 0.2) is 34.5 Å². The van der Waals surface area contributed by atoms with Crippen LogP contribution in [0.1, 0.15) is 44.7 Å². The van der Waals surface area contributed by atoms with Gasteiger partial charge in [0, 0.05) is 24.4 Å². The lowest BCUT2D eigenvalue weighted by molar-refractivity contribution is -0.150. The van der Waals surface area contributed by atoms with E-state index in [0.29, 0.717) is 6.07 Å². The maximum atomic E-state index is 15.1. The molecule has 0 saturated heterocycles. The van der Waals surface area contributed by atoms with Gasteiger partial charge in [-0.2, -0.15) is 13.2 Å². The van der Waals surface area contributed by atoms with Gasteiger partial charge in [0.25, 0.3) is 0 Å². The molecule has 0 amide bonds. The van der Waals surface area contributed by atoms with Gasteiger partial charge in [0.2, 0.25) is 0 Å². The summed E-state index contributed by atoms with van der Waals surface area (Å²) in [7, 11) is 1.39. The largest absolute Gasteiger partial charge is 0.462 e. The molecular formula is C22H25F4NO5. The fraction of sp³-hybridized carbons (Fsp3) is 0.500. The van der Waals surface area contributed by atoms with E-state index in [0.717, 1.165) is 12.1 Å². The van der Waals surface area contributed by atoms with Gasteiger partial charge in [-0.15, -0.1) is 0 Å². The zero-order valence-corrected chi connectivity index (χ0v) is 18.4. The van der Waals surface area contributed by atoms with E-state index in [9.17, 15) is 22.8 Å². The lowest BCUT2D eigenvalue weighted by atomic mass is 9.75. The summed E-state index contributed by atoms with van der Waals surface area (Å²) in [4.78, 5) is 30.0. The zero-order valence-electron chi connectivity index (χ0n) is 18.4. The molecule has 0 fully saturated rings. The van der Waals surface area contributed by atoms with E-state index in [-0.39, 0.29) is 30.2 Å². The number of allylic oxidation sites excluding steroid dienone is 1. The molecule has 0 N–H and O–H groups in total. The Morgan fingerprint density at radius 2 is 1.81 bits per heavy atom. The predicted molar refractivity (Wildman–Crippen MR) is 108 cm³/mol. The van der Waals surface area contributed by atoms with Crippen LogP contribution in [-0.2, 0) is 30.0 Å². The second-order valence-corrected chi connectivity index (χ2v) is 7.53. The Kier molecular flexibility index (Phi) is 8.17. The minimum absolute atomic E-state index is 0.0712. The fourth-order valence-corrected chi connectivity index (χ4v) is 3.55. The Morgan fingerprint density at radius 3 is 2.38 bits per heavy atom. The highest BCUT2D eigenvalue weighted by molar-refractivity contribution is 6.07. The molecule has 2 rings (SSSR count). The molecule has 1 aliphatic heterocycles. The Labute approximate surface area is 183 Å². The molecule has 32 heavy (non-hydrogen) atoms. The zero-order chi connectivity index (χ0) is 24.2. The van der Waals surface area contributed by atoms with Crippen molar-refractivity contribution in [3.05, 3.63) is 46.4 Å². The topological polar surface area (TPSA) is 74.2 Å². The van der Waals surface area contributed by atoms with Crippen LogP contribution in [0.25, 0.3) is 0 Å². The third-order valence-electron chi connectivity index (χ3n) is 4.84. The van der Waals surface area contributed by atoms with Crippen LogP contribution in [0.4, 0.5) is 17.6 Å². The number of carbonyl (C=O) groups is 2. The molecule has 10 heteroatoms. The van der Waals surface area contributed by atoms with Gasteiger partial charge < -0.3 is 14.2 Å². The van der Waals surface area contributed by atoms with Gasteiger partial charge in [-0.3, -0.25) is 9.79 Å². The number of benzene rings is 1. The minimum Gasteiger partial charge on any atom is -0.462 e. The number of carbonyl (C=O) groups excluding carboxylic acids is 2. The van der Waals surface area contributed by atoms with Crippen molar-refractivity contribution >= 4 is 17.7 Å². The number of nitrogens with zero attached hydrogens (tertiary/aromatic N) is 1. The fourth-order valence-electron chi connectivity index (χ4n) is 3.55. The Morgan fingerprint density at radius 1 is 1.16 bits per heavy atom. The molecule has 0 bridgehead atoms. The van der Waals surface area contributed by atoms with Crippen molar-refractivity contribution in [3.63, 3.8) is 0 Å². The summed E-state index contributed by atoms with van der Waals surface area (Å²) in [5.74, 6) is -6.07. The summed E-state index contributed by atoms with van der Waals surface area (Å²) in [6.07, 6.45) is -5.52. The van der Waals surface area contributed by atoms with Crippen molar-refractivity contribution in [1.29, 1.82) is 0 Å². The molecule has 2 unspecified atom stereocenters. The average Bonchev–Trinajstić information content (AvgIpc) is 2.66. The number of rotatable bonds is 7. The number of methoxy groups -OCH3 is 1. The highest BCUT2D eigenvalue weighted by atomic mass is 19.4. The van der Waals surface area contributed by atoms with Gasteiger partial charge in [0.05, 0.1) is 23.8 Å². The number of aliphatic imine (C=N–C) groups is 1. The predicted octanol–water partition coefficient (Wildman–Crippen LogP) is 4.43. The minimum atomic E-state index is -4.97. The van der Waals surface area contributed by atoms with Crippen LogP contribution < -0.4 is 0 Å². The molecule has 0 aliphatic carbocycles. The van der Waals surface area contributed by atoms with Crippen molar-refractivity contribution < 1.29 is 41.4 Å². The van der Waals surface area contributed by atoms with E-state index in [2.05, 4.69) is 4.99 Å². The first-order chi connectivity index (χ1) is 14.9. The Bertz CT molecular complexity index is 937. The van der Waals surface area contributed by atoms with Crippen LogP contribution >= 0.6 is 0 Å². The van der Waals surface area contributed by atoms with Crippen LogP contribution in [0.3, 0.4) is 0 Å². The van der Waals surface area contributed by atoms with E-state index < -0.39 is 53.0 Å². The number of alkyl halides is 3. The lowest BCUT2D eigenvalue weighted by Crippen LogP contribution is -2.38. The number of halogens is 4. The molecule has 0 aromatic heterocycles. The normalized spacial score (nSPS) is 19.1. The molecule has 0 radical (unpaired) electrons. The third-order valence-corrected chi connectivity index (χ3v) is 4.84. The monoisotopic (exact) mass is 459 g/mol. The summed E-state index contributed by atoms with van der Waals surface area (Å²) in [6, 6.07) is 2.73. The molecule has 6 nitrogen and oxygen atoms in total. The second-order valence-electron chi connectivity index (χ2n) is 7.53. The van der Waals surface area contributed by atoms with Gasteiger partial charge in [-0.25, -0.2) is 9.18 Å². The molecule has 176 valence electrons. The smallest absolute Gasteiger partial charge is 0.419 e. The van der Waals surface area contributed by atoms with Gasteiger partial charge in [-0.05, 0) is 39.3 Å². The molecular weight excluding hydrogens is 434 g/mol. The van der Waals surface area contributed by atoms with Gasteiger partial charge in [-0.1, -0.05) is 12.1 Å². The lowest BCUT2D eigenvalue weighted by Gasteiger charge is -2.32. The molecule has 1 aromatic rings. The highest BCUT2D eigenvalue weighted by Gasteiger charge is 2.45. The summed E-state index contributed by atoms with van der Waals surface area (Å²) in [6.45, 7) is 6.03. The van der Waals surface area contributed by atoms with Crippen LogP contribution in [0.5, 0.6) is 0 Å². The second kappa shape index (κ2) is 10.2. The van der Waals surface area contributed by atoms with Crippen molar-refractivity contribution in [1.82, 2.24) is 0 Å². The van der Waals surface area contributed by atoms with E-state index in [1.54, 1.807) is 13.8 Å². The van der Waals surface area contributed by atoms with Crippen molar-refractivity contribution in [3.8, 4) is 0 Å². The van der Waals surface area contributed by atoms with Gasteiger partial charge in [0.15, 0.2) is 0 Å². The van der Waals surface area contributed by atoms with Crippen LogP contribution in [0, 0.1) is 11.7 Å². The maximum absolute atomic E-state index is 15.1. The van der Waals surface area contributed by atoms with Crippen LogP contribution in [-0.4, -0.2) is 44.1 Å². The number of ether oxygens (including phenoxy) is 3. The Balaban J connectivity index is 2.70. The van der Waals surface area contributed by atoms with E-state index in [1.807, 2.05) is 0 Å². The van der Waals surface area contributed by atoms with Crippen molar-refractivity contribution in [2.45, 2.75) is 45.9 Å². The quantitative estimate of drug-likeness (QED) is 0.343. The SMILES string of the molecule is COCCOC(=O)C1=C(C)N=C(C)C(C(=O)OC(C)C)C1c1cccc(C(F)(F)F)c1F. The summed E-state index contributed by atoms with van der Waals surface area (Å²) < 4.78 is 70.5. The van der Waals surface area contributed by atoms with Crippen molar-refractivity contribution in [2.75, 3.05) is 20.3 Å². The van der Waals surface area contributed by atoms with Crippen LogP contribution in [0.2, 0.25) is 0 Å². The number of esters is 2. The molecule has 2 atom stereocenters. The van der Waals surface area contributed by atoms with E-state index in [4.69, 9.17) is 14.2 Å². The first-order valence-corrected chi connectivity index (χ1v) is 9.88. The standard InChI is InChI=1S/C22H25F4NO5/c1-11(2)32-21(29)17-13(4)27-12(3)16(20(28)31-10-9-30-5)18(17)14-7-6-8-15(19(14)23)22(24,25)26/h6-8,11,17-18H,9-10H2,1-5H3. The first kappa shape index (κ1) is 25.5. The average molecular weight is 459 g/mol. The number of hydrogen-bond donors (Lipinski definition) is 0. The highest BCUT2D eigenvalue weighted by Crippen LogP contribution is 2.43. The molecule has 0 spiro atoms. The van der Waals surface area contributed by atoms with E-state index >= 15 is 4.39 Å². The first-order valence-electron chi connectivity index (χ1n) is 9.88.